The number of rotatable bonds is 3. The molecule has 0 bridgehead atoms. The van der Waals surface area contributed by atoms with Crippen molar-refractivity contribution in [1.82, 2.24) is 10.2 Å². The Morgan fingerprint density at radius 3 is 2.59 bits per heavy atom. The van der Waals surface area contributed by atoms with Crippen molar-refractivity contribution in [3.8, 4) is 17.2 Å². The third-order valence-electron chi connectivity index (χ3n) is 3.93. The van der Waals surface area contributed by atoms with Gasteiger partial charge in [-0.2, -0.15) is 13.2 Å². The standard InChI is InChI=1S/C18H12F3N3O3/c19-18(20,21)13-6-4-11(5-7-13)15-9-16(24-27-15)26-14-3-1-2-12(8-14)17-23-22-10-25-17/h1-8,10,15H,9H2/t15-/m0/s1. The quantitative estimate of drug-likeness (QED) is 0.669. The van der Waals surface area contributed by atoms with Crippen LogP contribution in [0.4, 0.5) is 13.2 Å². The van der Waals surface area contributed by atoms with Crippen LogP contribution in [0.25, 0.3) is 11.5 Å². The van der Waals surface area contributed by atoms with Crippen LogP contribution in [0.15, 0.2) is 64.5 Å². The van der Waals surface area contributed by atoms with E-state index in [0.29, 0.717) is 35.1 Å². The predicted octanol–water partition coefficient (Wildman–Crippen LogP) is 4.61. The van der Waals surface area contributed by atoms with Gasteiger partial charge in [-0.25, -0.2) is 0 Å². The summed E-state index contributed by atoms with van der Waals surface area (Å²) >= 11 is 0. The average Bonchev–Trinajstić information content (AvgIpc) is 3.33. The lowest BCUT2D eigenvalue weighted by atomic mass is 10.0. The molecule has 9 heteroatoms. The summed E-state index contributed by atoms with van der Waals surface area (Å²) in [6, 6.07) is 11.8. The molecule has 27 heavy (non-hydrogen) atoms. The van der Waals surface area contributed by atoms with Crippen molar-refractivity contribution in [3.05, 3.63) is 66.1 Å². The number of hydrogen-bond donors (Lipinski definition) is 0. The summed E-state index contributed by atoms with van der Waals surface area (Å²) in [4.78, 5) is 5.29. The summed E-state index contributed by atoms with van der Waals surface area (Å²) in [5, 5.41) is 11.3. The van der Waals surface area contributed by atoms with Crippen molar-refractivity contribution in [1.29, 1.82) is 0 Å². The Morgan fingerprint density at radius 2 is 1.89 bits per heavy atom. The first-order valence-corrected chi connectivity index (χ1v) is 7.93. The molecule has 2 aromatic carbocycles. The van der Waals surface area contributed by atoms with Crippen molar-refractivity contribution >= 4 is 5.90 Å². The fourth-order valence-corrected chi connectivity index (χ4v) is 2.61. The van der Waals surface area contributed by atoms with E-state index in [2.05, 4.69) is 15.4 Å². The van der Waals surface area contributed by atoms with Crippen molar-refractivity contribution in [2.24, 2.45) is 5.16 Å². The highest BCUT2D eigenvalue weighted by Gasteiger charge is 2.31. The summed E-state index contributed by atoms with van der Waals surface area (Å²) < 4.78 is 48.8. The number of oxime groups is 1. The molecule has 0 radical (unpaired) electrons. The van der Waals surface area contributed by atoms with Crippen LogP contribution in [0.3, 0.4) is 0 Å². The molecule has 1 atom stereocenters. The number of hydrogen-bond acceptors (Lipinski definition) is 6. The summed E-state index contributed by atoms with van der Waals surface area (Å²) in [5.41, 5.74) is 0.563. The normalized spacial score (nSPS) is 16.7. The van der Waals surface area contributed by atoms with Gasteiger partial charge in [-0.1, -0.05) is 23.4 Å². The average molecular weight is 375 g/mol. The van der Waals surface area contributed by atoms with Crippen LogP contribution in [0, 0.1) is 0 Å². The minimum Gasteiger partial charge on any atom is -0.440 e. The van der Waals surface area contributed by atoms with Crippen LogP contribution in [0.5, 0.6) is 5.75 Å². The van der Waals surface area contributed by atoms with Crippen LogP contribution in [-0.4, -0.2) is 16.1 Å². The number of nitrogens with zero attached hydrogens (tertiary/aromatic N) is 3. The van der Waals surface area contributed by atoms with Gasteiger partial charge in [-0.05, 0) is 35.9 Å². The SMILES string of the molecule is FC(F)(F)c1ccc([C@@H]2CC(Oc3cccc(-c4nnco4)c3)=NO2)cc1. The third-order valence-corrected chi connectivity index (χ3v) is 3.93. The lowest BCUT2D eigenvalue weighted by Crippen LogP contribution is -2.08. The van der Waals surface area contributed by atoms with E-state index in [-0.39, 0.29) is 0 Å². The van der Waals surface area contributed by atoms with Crippen molar-refractivity contribution < 1.29 is 27.2 Å². The molecule has 1 aromatic heterocycles. The highest BCUT2D eigenvalue weighted by atomic mass is 19.4. The minimum atomic E-state index is -4.37. The van der Waals surface area contributed by atoms with Crippen molar-refractivity contribution in [2.45, 2.75) is 18.7 Å². The molecule has 2 heterocycles. The van der Waals surface area contributed by atoms with Crippen LogP contribution in [0.2, 0.25) is 0 Å². The van der Waals surface area contributed by atoms with Gasteiger partial charge in [0.2, 0.25) is 18.2 Å². The molecule has 0 fully saturated rings. The van der Waals surface area contributed by atoms with E-state index in [9.17, 15) is 13.2 Å². The van der Waals surface area contributed by atoms with E-state index in [0.717, 1.165) is 12.1 Å². The molecule has 6 nitrogen and oxygen atoms in total. The summed E-state index contributed by atoms with van der Waals surface area (Å²) in [7, 11) is 0. The second kappa shape index (κ2) is 6.75. The summed E-state index contributed by atoms with van der Waals surface area (Å²) in [6.07, 6.45) is -3.34. The number of ether oxygens (including phenoxy) is 1. The first-order valence-electron chi connectivity index (χ1n) is 7.93. The Balaban J connectivity index is 1.42. The molecular weight excluding hydrogens is 363 g/mol. The highest BCUT2D eigenvalue weighted by Crippen LogP contribution is 2.33. The zero-order chi connectivity index (χ0) is 18.9. The Kier molecular flexibility index (Phi) is 4.27. The maximum atomic E-state index is 12.6. The lowest BCUT2D eigenvalue weighted by Gasteiger charge is -2.11. The Hall–Kier alpha value is -3.36. The molecule has 0 aliphatic carbocycles. The second-order valence-corrected chi connectivity index (χ2v) is 5.78. The second-order valence-electron chi connectivity index (χ2n) is 5.78. The Morgan fingerprint density at radius 1 is 1.07 bits per heavy atom. The van der Waals surface area contributed by atoms with Crippen molar-refractivity contribution in [2.75, 3.05) is 0 Å². The smallest absolute Gasteiger partial charge is 0.416 e. The number of aromatic nitrogens is 2. The first-order chi connectivity index (χ1) is 13.0. The van der Waals surface area contributed by atoms with Gasteiger partial charge in [0.05, 0.1) is 12.0 Å². The molecule has 1 aliphatic heterocycles. The Bertz CT molecular complexity index is 954. The molecular formula is C18H12F3N3O3. The maximum Gasteiger partial charge on any atom is 0.416 e. The van der Waals surface area contributed by atoms with E-state index in [1.165, 1.54) is 18.5 Å². The first kappa shape index (κ1) is 17.1. The molecule has 4 rings (SSSR count). The van der Waals surface area contributed by atoms with E-state index >= 15 is 0 Å². The summed E-state index contributed by atoms with van der Waals surface area (Å²) in [6.45, 7) is 0. The molecule has 0 N–H and O–H groups in total. The van der Waals surface area contributed by atoms with Crippen LogP contribution >= 0.6 is 0 Å². The molecule has 0 unspecified atom stereocenters. The fourth-order valence-electron chi connectivity index (χ4n) is 2.61. The lowest BCUT2D eigenvalue weighted by molar-refractivity contribution is -0.137. The van der Waals surface area contributed by atoms with Gasteiger partial charge in [0.1, 0.15) is 5.75 Å². The monoisotopic (exact) mass is 375 g/mol. The largest absolute Gasteiger partial charge is 0.440 e. The van der Waals surface area contributed by atoms with Gasteiger partial charge in [0.15, 0.2) is 6.10 Å². The summed E-state index contributed by atoms with van der Waals surface area (Å²) in [5.74, 6) is 1.18. The Labute approximate surface area is 151 Å². The van der Waals surface area contributed by atoms with Gasteiger partial charge < -0.3 is 14.0 Å². The van der Waals surface area contributed by atoms with Gasteiger partial charge >= 0.3 is 6.18 Å². The van der Waals surface area contributed by atoms with Gasteiger partial charge in [0, 0.05) is 5.56 Å². The fraction of sp³-hybridized carbons (Fsp3) is 0.167. The molecule has 0 spiro atoms. The minimum absolute atomic E-state index is 0.302. The molecule has 0 saturated carbocycles. The van der Waals surface area contributed by atoms with Gasteiger partial charge in [-0.15, -0.1) is 10.2 Å². The van der Waals surface area contributed by atoms with Gasteiger partial charge in [-0.3, -0.25) is 0 Å². The molecule has 3 aromatic rings. The van der Waals surface area contributed by atoms with Crippen molar-refractivity contribution in [3.63, 3.8) is 0 Å². The maximum absolute atomic E-state index is 12.6. The molecule has 0 amide bonds. The van der Waals surface area contributed by atoms with E-state index in [1.54, 1.807) is 24.3 Å². The van der Waals surface area contributed by atoms with E-state index < -0.39 is 17.8 Å². The molecule has 0 saturated heterocycles. The predicted molar refractivity (Wildman–Crippen MR) is 87.7 cm³/mol. The van der Waals surface area contributed by atoms with Crippen LogP contribution in [0.1, 0.15) is 23.7 Å². The zero-order valence-corrected chi connectivity index (χ0v) is 13.7. The van der Waals surface area contributed by atoms with Crippen LogP contribution in [-0.2, 0) is 11.0 Å². The molecule has 138 valence electrons. The number of alkyl halides is 3. The van der Waals surface area contributed by atoms with E-state index in [4.69, 9.17) is 14.0 Å². The number of halogens is 3. The van der Waals surface area contributed by atoms with Crippen LogP contribution < -0.4 is 4.74 Å². The third kappa shape index (κ3) is 3.76. The zero-order valence-electron chi connectivity index (χ0n) is 13.7. The van der Waals surface area contributed by atoms with E-state index in [1.807, 2.05) is 0 Å². The topological polar surface area (TPSA) is 69.7 Å². The number of benzene rings is 2. The highest BCUT2D eigenvalue weighted by molar-refractivity contribution is 5.80. The molecule has 1 aliphatic rings. The van der Waals surface area contributed by atoms with Gasteiger partial charge in [0.25, 0.3) is 0 Å².